The number of fused-ring (bicyclic) bond motifs is 2. The Kier molecular flexibility index (Phi) is 8.12. The first-order valence-electron chi connectivity index (χ1n) is 14.0. The third-order valence-electron chi connectivity index (χ3n) is 8.25. The van der Waals surface area contributed by atoms with Gasteiger partial charge in [-0.15, -0.1) is 0 Å². The highest BCUT2D eigenvalue weighted by atomic mass is 16.7. The Hall–Kier alpha value is -4.00. The molecule has 41 heavy (non-hydrogen) atoms. The summed E-state index contributed by atoms with van der Waals surface area (Å²) in [4.78, 5) is 0. The van der Waals surface area contributed by atoms with E-state index in [1.165, 1.54) is 11.1 Å². The topological polar surface area (TPSA) is 55.4 Å². The minimum absolute atomic E-state index is 0.0611. The third kappa shape index (κ3) is 5.63. The second-order valence-corrected chi connectivity index (χ2v) is 10.6. The Labute approximate surface area is 241 Å². The summed E-state index contributed by atoms with van der Waals surface area (Å²) >= 11 is 0. The maximum Gasteiger partial charge on any atom is 0.161 e. The number of methoxy groups -OCH3 is 3. The molecule has 0 unspecified atom stereocenters. The highest BCUT2D eigenvalue weighted by Gasteiger charge is 2.47. The molecule has 4 atom stereocenters. The lowest BCUT2D eigenvalue weighted by Crippen LogP contribution is -2.33. The first-order chi connectivity index (χ1) is 20.2. The van der Waals surface area contributed by atoms with Crippen LogP contribution in [0.4, 0.5) is 0 Å². The molecule has 0 bridgehead atoms. The summed E-state index contributed by atoms with van der Waals surface area (Å²) in [5.41, 5.74) is 5.79. The predicted molar refractivity (Wildman–Crippen MR) is 157 cm³/mol. The van der Waals surface area contributed by atoms with Crippen LogP contribution in [0.3, 0.4) is 0 Å². The van der Waals surface area contributed by atoms with E-state index < -0.39 is 0 Å². The van der Waals surface area contributed by atoms with Crippen molar-refractivity contribution in [3.63, 3.8) is 0 Å². The zero-order chi connectivity index (χ0) is 28.2. The third-order valence-corrected chi connectivity index (χ3v) is 8.25. The molecular formula is C35H36O6. The summed E-state index contributed by atoms with van der Waals surface area (Å²) in [6, 6.07) is 30.9. The molecule has 1 heterocycles. The maximum absolute atomic E-state index is 6.33. The molecule has 0 saturated carbocycles. The molecule has 4 aromatic rings. The van der Waals surface area contributed by atoms with Crippen molar-refractivity contribution < 1.29 is 28.4 Å². The Morgan fingerprint density at radius 3 is 1.93 bits per heavy atom. The van der Waals surface area contributed by atoms with E-state index in [-0.39, 0.29) is 24.0 Å². The molecule has 1 aliphatic heterocycles. The molecule has 1 aliphatic carbocycles. The maximum atomic E-state index is 6.33. The highest BCUT2D eigenvalue weighted by molar-refractivity contribution is 5.54. The fraction of sp³-hybridized carbons (Fsp3) is 0.314. The molecule has 6 heteroatoms. The summed E-state index contributed by atoms with van der Waals surface area (Å²) < 4.78 is 36.0. The molecule has 6 rings (SSSR count). The van der Waals surface area contributed by atoms with Crippen molar-refractivity contribution in [3.8, 4) is 23.0 Å². The monoisotopic (exact) mass is 552 g/mol. The summed E-state index contributed by atoms with van der Waals surface area (Å²) in [5, 5.41) is 0. The molecule has 1 fully saturated rings. The van der Waals surface area contributed by atoms with Gasteiger partial charge in [-0.3, -0.25) is 0 Å². The van der Waals surface area contributed by atoms with Gasteiger partial charge in [0.1, 0.15) is 13.2 Å². The fourth-order valence-electron chi connectivity index (χ4n) is 6.22. The van der Waals surface area contributed by atoms with Gasteiger partial charge in [0.15, 0.2) is 29.3 Å². The van der Waals surface area contributed by atoms with Crippen LogP contribution in [0.15, 0.2) is 91.0 Å². The SMILES string of the molecule is COc1cc([C@H]2c3cc(OCc4ccccc4)c(OC)cc3C[C@@H]3[C@@H](OC)OC[C@H]23)ccc1OCc1ccccc1. The van der Waals surface area contributed by atoms with Gasteiger partial charge in [0, 0.05) is 24.9 Å². The van der Waals surface area contributed by atoms with Gasteiger partial charge in [-0.1, -0.05) is 66.7 Å². The normalized spacial score (nSPS) is 21.0. The smallest absolute Gasteiger partial charge is 0.161 e. The van der Waals surface area contributed by atoms with Crippen LogP contribution < -0.4 is 18.9 Å². The van der Waals surface area contributed by atoms with Gasteiger partial charge < -0.3 is 28.4 Å². The van der Waals surface area contributed by atoms with Gasteiger partial charge in [0.25, 0.3) is 0 Å². The van der Waals surface area contributed by atoms with Gasteiger partial charge in [-0.2, -0.15) is 0 Å². The van der Waals surface area contributed by atoms with Crippen molar-refractivity contribution >= 4 is 0 Å². The van der Waals surface area contributed by atoms with E-state index in [1.807, 2.05) is 42.5 Å². The number of rotatable bonds is 10. The standard InChI is InChI=1S/C35H36O6/c1-36-31-17-25(14-15-30(31)39-20-23-10-6-4-7-11-23)34-27-19-33(40-21-24-12-8-5-9-13-24)32(37-2)18-26(27)16-28-29(34)22-41-35(28)38-3/h4-15,17-19,28-29,34-35H,16,20-22H2,1-3H3/t28-,29-,34-,35-/m0/s1. The largest absolute Gasteiger partial charge is 0.493 e. The second-order valence-electron chi connectivity index (χ2n) is 10.6. The summed E-state index contributed by atoms with van der Waals surface area (Å²) in [7, 11) is 5.10. The average Bonchev–Trinajstić information content (AvgIpc) is 3.44. The van der Waals surface area contributed by atoms with Crippen LogP contribution in [-0.4, -0.2) is 34.2 Å². The highest BCUT2D eigenvalue weighted by Crippen LogP contribution is 2.51. The number of ether oxygens (including phenoxy) is 6. The summed E-state index contributed by atoms with van der Waals surface area (Å²) in [6.45, 7) is 1.55. The van der Waals surface area contributed by atoms with Crippen LogP contribution in [0.2, 0.25) is 0 Å². The molecule has 0 radical (unpaired) electrons. The lowest BCUT2D eigenvalue weighted by atomic mass is 9.67. The van der Waals surface area contributed by atoms with Crippen molar-refractivity contribution in [2.75, 3.05) is 27.9 Å². The minimum Gasteiger partial charge on any atom is -0.493 e. The Morgan fingerprint density at radius 2 is 1.29 bits per heavy atom. The first kappa shape index (κ1) is 27.2. The zero-order valence-electron chi connectivity index (χ0n) is 23.7. The molecule has 4 aromatic carbocycles. The number of hydrogen-bond donors (Lipinski definition) is 0. The fourth-order valence-corrected chi connectivity index (χ4v) is 6.22. The molecule has 0 spiro atoms. The zero-order valence-corrected chi connectivity index (χ0v) is 23.7. The molecular weight excluding hydrogens is 516 g/mol. The van der Waals surface area contributed by atoms with Crippen LogP contribution in [0, 0.1) is 11.8 Å². The number of benzene rings is 4. The molecule has 2 aliphatic rings. The second kappa shape index (κ2) is 12.2. The van der Waals surface area contributed by atoms with Crippen molar-refractivity contribution in [1.82, 2.24) is 0 Å². The van der Waals surface area contributed by atoms with Gasteiger partial charge >= 0.3 is 0 Å². The van der Waals surface area contributed by atoms with Crippen molar-refractivity contribution in [3.05, 3.63) is 119 Å². The van der Waals surface area contributed by atoms with E-state index in [0.717, 1.165) is 34.6 Å². The van der Waals surface area contributed by atoms with Crippen molar-refractivity contribution in [2.24, 2.45) is 11.8 Å². The van der Waals surface area contributed by atoms with Crippen LogP contribution in [0.1, 0.15) is 33.7 Å². The van der Waals surface area contributed by atoms with Crippen LogP contribution in [0.5, 0.6) is 23.0 Å². The molecule has 1 saturated heterocycles. The number of hydrogen-bond acceptors (Lipinski definition) is 6. The summed E-state index contributed by atoms with van der Waals surface area (Å²) in [5.74, 6) is 3.40. The van der Waals surface area contributed by atoms with Crippen LogP contribution in [0.25, 0.3) is 0 Å². The Bertz CT molecular complexity index is 1450. The quantitative estimate of drug-likeness (QED) is 0.216. The minimum atomic E-state index is -0.244. The van der Waals surface area contributed by atoms with Crippen molar-refractivity contribution in [1.29, 1.82) is 0 Å². The average molecular weight is 553 g/mol. The molecule has 0 N–H and O–H groups in total. The van der Waals surface area contributed by atoms with Gasteiger partial charge in [0.05, 0.1) is 20.8 Å². The van der Waals surface area contributed by atoms with E-state index in [4.69, 9.17) is 28.4 Å². The van der Waals surface area contributed by atoms with E-state index in [9.17, 15) is 0 Å². The van der Waals surface area contributed by atoms with E-state index >= 15 is 0 Å². The molecule has 6 nitrogen and oxygen atoms in total. The van der Waals surface area contributed by atoms with Gasteiger partial charge in [-0.25, -0.2) is 0 Å². The molecule has 0 amide bonds. The molecule has 212 valence electrons. The van der Waals surface area contributed by atoms with Crippen molar-refractivity contribution in [2.45, 2.75) is 31.8 Å². The predicted octanol–water partition coefficient (Wildman–Crippen LogP) is 6.78. The Morgan fingerprint density at radius 1 is 0.659 bits per heavy atom. The lowest BCUT2D eigenvalue weighted by Gasteiger charge is -2.37. The van der Waals surface area contributed by atoms with Crippen LogP contribution in [-0.2, 0) is 29.1 Å². The lowest BCUT2D eigenvalue weighted by molar-refractivity contribution is -0.110. The first-order valence-corrected chi connectivity index (χ1v) is 14.0. The summed E-state index contributed by atoms with van der Waals surface area (Å²) in [6.07, 6.45) is 0.603. The van der Waals surface area contributed by atoms with E-state index in [1.54, 1.807) is 21.3 Å². The van der Waals surface area contributed by atoms with E-state index in [2.05, 4.69) is 48.5 Å². The molecule has 0 aromatic heterocycles. The van der Waals surface area contributed by atoms with Gasteiger partial charge in [-0.05, 0) is 58.5 Å². The van der Waals surface area contributed by atoms with Crippen LogP contribution >= 0.6 is 0 Å². The Balaban J connectivity index is 1.36. The van der Waals surface area contributed by atoms with E-state index in [0.29, 0.717) is 31.3 Å². The van der Waals surface area contributed by atoms with Gasteiger partial charge in [0.2, 0.25) is 0 Å².